The summed E-state index contributed by atoms with van der Waals surface area (Å²) < 4.78 is 11.4. The van der Waals surface area contributed by atoms with E-state index in [2.05, 4.69) is 35.3 Å². The van der Waals surface area contributed by atoms with E-state index in [1.54, 1.807) is 7.11 Å². The summed E-state index contributed by atoms with van der Waals surface area (Å²) in [4.78, 5) is 19.3. The van der Waals surface area contributed by atoms with Crippen molar-refractivity contribution in [3.05, 3.63) is 89.5 Å². The van der Waals surface area contributed by atoms with Crippen molar-refractivity contribution in [1.82, 2.24) is 9.88 Å². The molecule has 1 fully saturated rings. The van der Waals surface area contributed by atoms with E-state index in [1.807, 2.05) is 47.4 Å². The molecule has 2 atom stereocenters. The smallest absolute Gasteiger partial charge is 0.255 e. The number of rotatable bonds is 5. The number of hydrogen-bond acceptors (Lipinski definition) is 3. The van der Waals surface area contributed by atoms with Crippen LogP contribution >= 0.6 is 0 Å². The van der Waals surface area contributed by atoms with Crippen LogP contribution in [-0.4, -0.2) is 42.2 Å². The van der Waals surface area contributed by atoms with Crippen molar-refractivity contribution >= 4 is 16.8 Å². The maximum Gasteiger partial charge on any atom is 0.255 e. The monoisotopic (exact) mass is 438 g/mol. The van der Waals surface area contributed by atoms with Crippen molar-refractivity contribution < 1.29 is 14.3 Å². The van der Waals surface area contributed by atoms with Gasteiger partial charge in [-0.25, -0.2) is 0 Å². The number of hydrogen-bond donors (Lipinski definition) is 1. The van der Waals surface area contributed by atoms with Crippen LogP contribution in [-0.2, 0) is 4.74 Å². The fourth-order valence-electron chi connectivity index (χ4n) is 5.33. The number of benzene rings is 3. The van der Waals surface area contributed by atoms with Crippen molar-refractivity contribution in [2.75, 3.05) is 20.3 Å². The third-order valence-corrected chi connectivity index (χ3v) is 6.86. The summed E-state index contributed by atoms with van der Waals surface area (Å²) in [6.45, 7) is 1.36. The number of aromatic amines is 1. The molecule has 166 valence electrons. The van der Waals surface area contributed by atoms with E-state index in [4.69, 9.17) is 9.47 Å². The number of carbonyl (C=O) groups excluding carboxylic acids is 1. The Bertz CT molecular complexity index is 1340. The Hall–Kier alpha value is -3.57. The SMILES string of the molecule is COc1cccc(-c2[nH]c3ccccc3c2[C@@H]2c3ccccc3C(=O)N2C[C@@H]2CCCO2)c1. The molecule has 0 spiro atoms. The van der Waals surface area contributed by atoms with Crippen LogP contribution < -0.4 is 4.74 Å². The molecule has 2 aliphatic rings. The average Bonchev–Trinajstić information content (AvgIpc) is 3.57. The van der Waals surface area contributed by atoms with E-state index >= 15 is 0 Å². The zero-order valence-electron chi connectivity index (χ0n) is 18.6. The van der Waals surface area contributed by atoms with E-state index in [0.29, 0.717) is 6.54 Å². The van der Waals surface area contributed by atoms with E-state index in [-0.39, 0.29) is 18.1 Å². The predicted octanol–water partition coefficient (Wildman–Crippen LogP) is 5.57. The fraction of sp³-hybridized carbons (Fsp3) is 0.250. The van der Waals surface area contributed by atoms with Gasteiger partial charge in [-0.2, -0.15) is 0 Å². The van der Waals surface area contributed by atoms with Gasteiger partial charge < -0.3 is 19.4 Å². The second kappa shape index (κ2) is 8.09. The first kappa shape index (κ1) is 20.1. The van der Waals surface area contributed by atoms with Crippen LogP contribution in [0.4, 0.5) is 0 Å². The van der Waals surface area contributed by atoms with Gasteiger partial charge in [0.1, 0.15) is 5.75 Å². The number of ether oxygens (including phenoxy) is 2. The van der Waals surface area contributed by atoms with Crippen LogP contribution in [0.3, 0.4) is 0 Å². The Morgan fingerprint density at radius 2 is 1.91 bits per heavy atom. The lowest BCUT2D eigenvalue weighted by atomic mass is 9.93. The number of amides is 1. The minimum Gasteiger partial charge on any atom is -0.497 e. The summed E-state index contributed by atoms with van der Waals surface area (Å²) >= 11 is 0. The van der Waals surface area contributed by atoms with E-state index < -0.39 is 0 Å². The predicted molar refractivity (Wildman–Crippen MR) is 129 cm³/mol. The molecule has 6 rings (SSSR count). The molecule has 0 radical (unpaired) electrons. The van der Waals surface area contributed by atoms with Gasteiger partial charge in [-0.05, 0) is 42.7 Å². The van der Waals surface area contributed by atoms with Crippen molar-refractivity contribution in [2.45, 2.75) is 25.0 Å². The first-order valence-corrected chi connectivity index (χ1v) is 11.5. The molecule has 3 aromatic carbocycles. The molecule has 1 aromatic heterocycles. The van der Waals surface area contributed by atoms with Gasteiger partial charge in [0.25, 0.3) is 5.91 Å². The molecule has 1 amide bonds. The minimum atomic E-state index is -0.185. The summed E-state index contributed by atoms with van der Waals surface area (Å²) in [5.41, 5.74) is 6.06. The molecular formula is C28H26N2O3. The number of H-pyrrole nitrogens is 1. The highest BCUT2D eigenvalue weighted by atomic mass is 16.5. The third kappa shape index (κ3) is 3.31. The highest BCUT2D eigenvalue weighted by Crippen LogP contribution is 2.46. The molecule has 4 aromatic rings. The lowest BCUT2D eigenvalue weighted by Crippen LogP contribution is -2.35. The molecule has 0 aliphatic carbocycles. The fourth-order valence-corrected chi connectivity index (χ4v) is 5.33. The first-order valence-electron chi connectivity index (χ1n) is 11.5. The van der Waals surface area contributed by atoms with Gasteiger partial charge in [-0.3, -0.25) is 4.79 Å². The van der Waals surface area contributed by atoms with Crippen molar-refractivity contribution in [3.63, 3.8) is 0 Å². The molecular weight excluding hydrogens is 412 g/mol. The van der Waals surface area contributed by atoms with E-state index in [9.17, 15) is 4.79 Å². The summed E-state index contributed by atoms with van der Waals surface area (Å²) in [6, 6.07) is 24.2. The zero-order valence-corrected chi connectivity index (χ0v) is 18.6. The quantitative estimate of drug-likeness (QED) is 0.443. The topological polar surface area (TPSA) is 54.6 Å². The molecule has 1 saturated heterocycles. The highest BCUT2D eigenvalue weighted by Gasteiger charge is 2.41. The van der Waals surface area contributed by atoms with Crippen molar-refractivity contribution in [3.8, 4) is 17.0 Å². The number of fused-ring (bicyclic) bond motifs is 2. The maximum absolute atomic E-state index is 13.6. The molecule has 3 heterocycles. The maximum atomic E-state index is 13.6. The summed E-state index contributed by atoms with van der Waals surface area (Å²) in [6.07, 6.45) is 2.12. The number of nitrogens with one attached hydrogen (secondary N) is 1. The van der Waals surface area contributed by atoms with Crippen LogP contribution in [0.5, 0.6) is 5.75 Å². The minimum absolute atomic E-state index is 0.0768. The second-order valence-corrected chi connectivity index (χ2v) is 8.77. The largest absolute Gasteiger partial charge is 0.497 e. The van der Waals surface area contributed by atoms with Crippen LogP contribution in [0.1, 0.15) is 40.4 Å². The number of carbonyl (C=O) groups is 1. The van der Waals surface area contributed by atoms with Crippen molar-refractivity contribution in [2.24, 2.45) is 0 Å². The number of nitrogens with zero attached hydrogens (tertiary/aromatic N) is 1. The Morgan fingerprint density at radius 1 is 1.06 bits per heavy atom. The van der Waals surface area contributed by atoms with Gasteiger partial charge in [0, 0.05) is 40.7 Å². The van der Waals surface area contributed by atoms with Gasteiger partial charge in [0.15, 0.2) is 0 Å². The van der Waals surface area contributed by atoms with Crippen LogP contribution in [0.15, 0.2) is 72.8 Å². The molecule has 0 unspecified atom stereocenters. The molecule has 2 aliphatic heterocycles. The first-order chi connectivity index (χ1) is 16.2. The second-order valence-electron chi connectivity index (χ2n) is 8.77. The van der Waals surface area contributed by atoms with Gasteiger partial charge in [0.2, 0.25) is 0 Å². The Labute approximate surface area is 192 Å². The number of para-hydroxylation sites is 1. The molecule has 0 bridgehead atoms. The standard InChI is InChI=1S/C28H26N2O3/c1-32-19-9-6-8-18(16-19)26-25(23-13-4-5-14-24(23)29-26)27-21-11-2-3-12-22(21)28(31)30(27)17-20-10-7-15-33-20/h2-6,8-9,11-14,16,20,27,29H,7,10,15,17H2,1H3/t20-,27-/m0/s1. The molecule has 5 nitrogen and oxygen atoms in total. The summed E-state index contributed by atoms with van der Waals surface area (Å²) in [5.74, 6) is 0.879. The zero-order chi connectivity index (χ0) is 22.4. The van der Waals surface area contributed by atoms with Gasteiger partial charge in [0.05, 0.1) is 24.9 Å². The van der Waals surface area contributed by atoms with Crippen LogP contribution in [0.25, 0.3) is 22.2 Å². The lowest BCUT2D eigenvalue weighted by molar-refractivity contribution is 0.0501. The van der Waals surface area contributed by atoms with E-state index in [0.717, 1.165) is 64.0 Å². The third-order valence-electron chi connectivity index (χ3n) is 6.86. The Morgan fingerprint density at radius 3 is 2.76 bits per heavy atom. The van der Waals surface area contributed by atoms with Crippen LogP contribution in [0, 0.1) is 0 Å². The van der Waals surface area contributed by atoms with Crippen LogP contribution in [0.2, 0.25) is 0 Å². The summed E-state index contributed by atoms with van der Waals surface area (Å²) in [7, 11) is 1.68. The van der Waals surface area contributed by atoms with E-state index in [1.165, 1.54) is 0 Å². The van der Waals surface area contributed by atoms with Gasteiger partial charge >= 0.3 is 0 Å². The summed E-state index contributed by atoms with van der Waals surface area (Å²) in [5, 5.41) is 1.13. The molecule has 33 heavy (non-hydrogen) atoms. The number of methoxy groups -OCH3 is 1. The Balaban J connectivity index is 1.58. The molecule has 1 N–H and O–H groups in total. The van der Waals surface area contributed by atoms with Gasteiger partial charge in [-0.1, -0.05) is 48.5 Å². The molecule has 5 heteroatoms. The molecule has 0 saturated carbocycles. The lowest BCUT2D eigenvalue weighted by Gasteiger charge is -2.29. The number of aromatic nitrogens is 1. The van der Waals surface area contributed by atoms with Crippen molar-refractivity contribution in [1.29, 1.82) is 0 Å². The highest BCUT2D eigenvalue weighted by molar-refractivity contribution is 6.02. The Kier molecular flexibility index (Phi) is 4.92. The van der Waals surface area contributed by atoms with Gasteiger partial charge in [-0.15, -0.1) is 0 Å². The average molecular weight is 439 g/mol. The normalized spacial score (nSPS) is 19.9.